The second-order valence-electron chi connectivity index (χ2n) is 12.5. The number of fused-ring (bicyclic) bond motifs is 1. The predicted octanol–water partition coefficient (Wildman–Crippen LogP) is 4.02. The molecule has 1 N–H and O–H groups in total. The lowest BCUT2D eigenvalue weighted by atomic mass is 9.47. The van der Waals surface area contributed by atoms with Gasteiger partial charge in [-0.3, -0.25) is 9.59 Å². The fourth-order valence-corrected chi connectivity index (χ4v) is 7.52. The third kappa shape index (κ3) is 5.21. The topological polar surface area (TPSA) is 148 Å². The lowest BCUT2D eigenvalue weighted by Crippen LogP contribution is -2.81. The molecule has 1 saturated heterocycles. The summed E-state index contributed by atoms with van der Waals surface area (Å²) in [6, 6.07) is 10.6. The maximum absolute atomic E-state index is 13.4. The summed E-state index contributed by atoms with van der Waals surface area (Å²) in [5.74, 6) is -3.26. The average Bonchev–Trinajstić information content (AvgIpc) is 3.55. The van der Waals surface area contributed by atoms with Gasteiger partial charge in [-0.05, 0) is 57.7 Å². The molecular formula is C33H38O11. The second-order valence-corrected chi connectivity index (χ2v) is 12.5. The number of carbonyl (C=O) groups is 4. The van der Waals surface area contributed by atoms with E-state index in [2.05, 4.69) is 0 Å². The van der Waals surface area contributed by atoms with Crippen LogP contribution < -0.4 is 0 Å². The van der Waals surface area contributed by atoms with E-state index >= 15 is 0 Å². The van der Waals surface area contributed by atoms with Crippen molar-refractivity contribution in [3.63, 3.8) is 0 Å². The Labute approximate surface area is 255 Å². The van der Waals surface area contributed by atoms with Crippen LogP contribution in [0.4, 0.5) is 0 Å². The minimum atomic E-state index is -1.83. The molecule has 2 aromatic rings. The van der Waals surface area contributed by atoms with Crippen molar-refractivity contribution in [1.82, 2.24) is 0 Å². The molecule has 1 aliphatic heterocycles. The SMILES string of the molecule is CC(=O)OCC12C(OC(=O)C=Cc3ccccc3)CC3C(OC(C)=O)C1(OC3(C)C)C(C)(O)CCC2OC(=O)c1ccoc1. The summed E-state index contributed by atoms with van der Waals surface area (Å²) in [5, 5.41) is 12.3. The quantitative estimate of drug-likeness (QED) is 0.262. The number of furan rings is 1. The molecule has 2 saturated carbocycles. The molecule has 236 valence electrons. The van der Waals surface area contributed by atoms with Gasteiger partial charge in [0.15, 0.2) is 5.60 Å². The molecule has 2 heterocycles. The Hall–Kier alpha value is -3.96. The van der Waals surface area contributed by atoms with Gasteiger partial charge in [0.25, 0.3) is 0 Å². The fourth-order valence-electron chi connectivity index (χ4n) is 7.52. The third-order valence-corrected chi connectivity index (χ3v) is 9.37. The molecule has 11 heteroatoms. The number of esters is 4. The highest BCUT2D eigenvalue weighted by molar-refractivity contribution is 5.89. The zero-order valence-electron chi connectivity index (χ0n) is 25.4. The lowest BCUT2D eigenvalue weighted by Gasteiger charge is -2.64. The molecule has 0 amide bonds. The van der Waals surface area contributed by atoms with E-state index in [0.717, 1.165) is 5.56 Å². The first kappa shape index (κ1) is 31.5. The van der Waals surface area contributed by atoms with Gasteiger partial charge in [-0.2, -0.15) is 0 Å². The molecule has 2 aliphatic carbocycles. The normalized spacial score (nSPS) is 33.7. The molecule has 1 aromatic heterocycles. The lowest BCUT2D eigenvalue weighted by molar-refractivity contribution is -0.340. The number of hydrogen-bond acceptors (Lipinski definition) is 11. The van der Waals surface area contributed by atoms with Crippen molar-refractivity contribution in [2.45, 2.75) is 89.0 Å². The van der Waals surface area contributed by atoms with Crippen LogP contribution in [0.1, 0.15) is 69.8 Å². The first-order valence-corrected chi connectivity index (χ1v) is 14.6. The van der Waals surface area contributed by atoms with Crippen LogP contribution in [0.5, 0.6) is 0 Å². The van der Waals surface area contributed by atoms with Crippen LogP contribution >= 0.6 is 0 Å². The van der Waals surface area contributed by atoms with E-state index in [1.807, 2.05) is 30.3 Å². The Morgan fingerprint density at radius 2 is 1.70 bits per heavy atom. The van der Waals surface area contributed by atoms with Crippen molar-refractivity contribution in [2.75, 3.05) is 6.61 Å². The Morgan fingerprint density at radius 3 is 2.34 bits per heavy atom. The van der Waals surface area contributed by atoms with E-state index in [1.165, 1.54) is 38.5 Å². The van der Waals surface area contributed by atoms with Crippen molar-refractivity contribution in [1.29, 1.82) is 0 Å². The van der Waals surface area contributed by atoms with Gasteiger partial charge >= 0.3 is 23.9 Å². The monoisotopic (exact) mass is 610 g/mol. The minimum Gasteiger partial charge on any atom is -0.472 e. The Kier molecular flexibility index (Phi) is 8.24. The zero-order chi connectivity index (χ0) is 31.9. The smallest absolute Gasteiger partial charge is 0.341 e. The first-order valence-electron chi connectivity index (χ1n) is 14.6. The number of rotatable bonds is 8. The molecule has 1 aromatic carbocycles. The molecule has 7 atom stereocenters. The van der Waals surface area contributed by atoms with Crippen LogP contribution in [0.2, 0.25) is 0 Å². The molecule has 2 bridgehead atoms. The molecule has 5 rings (SSSR count). The Morgan fingerprint density at radius 1 is 0.977 bits per heavy atom. The van der Waals surface area contributed by atoms with E-state index < -0.39 is 76.9 Å². The number of benzene rings is 1. The van der Waals surface area contributed by atoms with Crippen molar-refractivity contribution in [2.24, 2.45) is 11.3 Å². The largest absolute Gasteiger partial charge is 0.472 e. The van der Waals surface area contributed by atoms with E-state index in [-0.39, 0.29) is 24.8 Å². The number of hydrogen-bond donors (Lipinski definition) is 1. The van der Waals surface area contributed by atoms with Crippen LogP contribution in [-0.2, 0) is 38.1 Å². The third-order valence-electron chi connectivity index (χ3n) is 9.37. The molecule has 3 fully saturated rings. The van der Waals surface area contributed by atoms with Crippen LogP contribution in [-0.4, -0.2) is 70.7 Å². The summed E-state index contributed by atoms with van der Waals surface area (Å²) in [6.07, 6.45) is 2.39. The highest BCUT2D eigenvalue weighted by Gasteiger charge is 2.84. The highest BCUT2D eigenvalue weighted by atomic mass is 16.6. The average molecular weight is 611 g/mol. The van der Waals surface area contributed by atoms with Crippen LogP contribution in [0.3, 0.4) is 0 Å². The summed E-state index contributed by atoms with van der Waals surface area (Å²) in [4.78, 5) is 51.7. The summed E-state index contributed by atoms with van der Waals surface area (Å²) >= 11 is 0. The van der Waals surface area contributed by atoms with Gasteiger partial charge in [-0.1, -0.05) is 30.3 Å². The van der Waals surface area contributed by atoms with E-state index in [4.69, 9.17) is 28.1 Å². The number of carbonyl (C=O) groups excluding carboxylic acids is 4. The van der Waals surface area contributed by atoms with Crippen LogP contribution in [0.15, 0.2) is 59.4 Å². The Bertz CT molecular complexity index is 1430. The number of aliphatic hydroxyl groups is 1. The molecule has 44 heavy (non-hydrogen) atoms. The van der Waals surface area contributed by atoms with Gasteiger partial charge in [0.1, 0.15) is 36.6 Å². The second kappa shape index (κ2) is 11.5. The molecule has 7 unspecified atom stereocenters. The predicted molar refractivity (Wildman–Crippen MR) is 154 cm³/mol. The molecule has 0 radical (unpaired) electrons. The van der Waals surface area contributed by atoms with Gasteiger partial charge in [-0.25, -0.2) is 9.59 Å². The molecule has 1 spiro atoms. The molecule has 11 nitrogen and oxygen atoms in total. The Balaban J connectivity index is 1.68. The van der Waals surface area contributed by atoms with Crippen molar-refractivity contribution < 1.29 is 52.4 Å². The summed E-state index contributed by atoms with van der Waals surface area (Å²) in [6.45, 7) is 7.16. The van der Waals surface area contributed by atoms with E-state index in [1.54, 1.807) is 26.8 Å². The van der Waals surface area contributed by atoms with Crippen molar-refractivity contribution in [3.8, 4) is 0 Å². The van der Waals surface area contributed by atoms with E-state index in [9.17, 15) is 24.3 Å². The van der Waals surface area contributed by atoms with Crippen molar-refractivity contribution in [3.05, 3.63) is 66.1 Å². The summed E-state index contributed by atoms with van der Waals surface area (Å²) in [7, 11) is 0. The van der Waals surface area contributed by atoms with Gasteiger partial charge in [0, 0.05) is 25.8 Å². The van der Waals surface area contributed by atoms with Crippen molar-refractivity contribution >= 4 is 30.0 Å². The molecular weight excluding hydrogens is 572 g/mol. The van der Waals surface area contributed by atoms with Gasteiger partial charge in [0.05, 0.1) is 23.0 Å². The zero-order valence-corrected chi connectivity index (χ0v) is 25.4. The summed E-state index contributed by atoms with van der Waals surface area (Å²) in [5.41, 5.74) is -5.37. The number of ether oxygens (including phenoxy) is 5. The van der Waals surface area contributed by atoms with Gasteiger partial charge in [-0.15, -0.1) is 0 Å². The van der Waals surface area contributed by atoms with Gasteiger partial charge < -0.3 is 33.2 Å². The maximum atomic E-state index is 13.4. The minimum absolute atomic E-state index is 0.0628. The highest BCUT2D eigenvalue weighted by Crippen LogP contribution is 2.68. The van der Waals surface area contributed by atoms with Crippen LogP contribution in [0, 0.1) is 11.3 Å². The first-order chi connectivity index (χ1) is 20.7. The van der Waals surface area contributed by atoms with Crippen LogP contribution in [0.25, 0.3) is 6.08 Å². The fraction of sp³-hybridized carbons (Fsp3) is 0.515. The van der Waals surface area contributed by atoms with E-state index in [0.29, 0.717) is 0 Å². The standard InChI is InChI=1S/C33H38O11/c1-20(34)40-19-32-25(43-29(37)23-14-16-39-18-23)13-15-31(5,38)33(32)28(41-21(2)35)24(30(3,4)44-33)17-26(32)42-27(36)12-11-22-9-7-6-8-10-22/h6-12,14,16,18,24-26,28,38H,13,15,17,19H2,1-5H3. The molecule has 3 aliphatic rings. The maximum Gasteiger partial charge on any atom is 0.341 e. The summed E-state index contributed by atoms with van der Waals surface area (Å²) < 4.78 is 35.8. The van der Waals surface area contributed by atoms with Gasteiger partial charge in [0.2, 0.25) is 0 Å².